The van der Waals surface area contributed by atoms with Gasteiger partial charge in [-0.3, -0.25) is 19.0 Å². The van der Waals surface area contributed by atoms with E-state index in [9.17, 15) is 14.4 Å². The Bertz CT molecular complexity index is 1300. The number of nitrogens with zero attached hydrogens (tertiary/aromatic N) is 4. The van der Waals surface area contributed by atoms with E-state index >= 15 is 0 Å². The van der Waals surface area contributed by atoms with Gasteiger partial charge in [0.25, 0.3) is 11.5 Å². The second-order valence-electron chi connectivity index (χ2n) is 7.10. The standard InChI is InChI=1S/C21H18N4O4S/c26-17(23-7-9-24(10-8-23)20(27)16-6-3-11-30-16)12-25-13-22-18-14-4-1-2-5-15(14)29-19(18)21(25)28/h1-6,11,13H,7-10,12H2. The zero-order valence-electron chi connectivity index (χ0n) is 16.0. The molecule has 152 valence electrons. The van der Waals surface area contributed by atoms with E-state index in [0.29, 0.717) is 42.2 Å². The molecule has 0 spiro atoms. The third-order valence-corrected chi connectivity index (χ3v) is 6.17. The summed E-state index contributed by atoms with van der Waals surface area (Å²) in [5.41, 5.74) is 0.863. The van der Waals surface area contributed by atoms with E-state index in [-0.39, 0.29) is 29.5 Å². The molecule has 4 heterocycles. The number of furan rings is 1. The van der Waals surface area contributed by atoms with Crippen molar-refractivity contribution < 1.29 is 14.0 Å². The van der Waals surface area contributed by atoms with Gasteiger partial charge in [0.15, 0.2) is 0 Å². The van der Waals surface area contributed by atoms with Crippen LogP contribution in [0.1, 0.15) is 9.67 Å². The van der Waals surface area contributed by atoms with Crippen LogP contribution in [0.5, 0.6) is 0 Å². The van der Waals surface area contributed by atoms with E-state index in [0.717, 1.165) is 5.39 Å². The molecule has 30 heavy (non-hydrogen) atoms. The Kier molecular flexibility index (Phi) is 4.59. The van der Waals surface area contributed by atoms with Gasteiger partial charge in [-0.2, -0.15) is 0 Å². The smallest absolute Gasteiger partial charge is 0.297 e. The van der Waals surface area contributed by atoms with Crippen LogP contribution in [0, 0.1) is 0 Å². The first kappa shape index (κ1) is 18.6. The third-order valence-electron chi connectivity index (χ3n) is 5.31. The minimum Gasteiger partial charge on any atom is -0.448 e. The lowest BCUT2D eigenvalue weighted by Crippen LogP contribution is -2.51. The minimum absolute atomic E-state index is 0.00662. The highest BCUT2D eigenvalue weighted by Crippen LogP contribution is 2.24. The molecule has 1 aliphatic heterocycles. The van der Waals surface area contributed by atoms with Crippen molar-refractivity contribution in [2.24, 2.45) is 0 Å². The van der Waals surface area contributed by atoms with Crippen molar-refractivity contribution >= 4 is 45.2 Å². The zero-order valence-corrected chi connectivity index (χ0v) is 16.8. The maximum absolute atomic E-state index is 12.8. The summed E-state index contributed by atoms with van der Waals surface area (Å²) >= 11 is 1.41. The van der Waals surface area contributed by atoms with E-state index in [1.54, 1.807) is 21.9 Å². The number of hydrogen-bond acceptors (Lipinski definition) is 6. The number of hydrogen-bond donors (Lipinski definition) is 0. The van der Waals surface area contributed by atoms with E-state index < -0.39 is 0 Å². The van der Waals surface area contributed by atoms with Crippen LogP contribution in [0.2, 0.25) is 0 Å². The molecule has 3 aromatic heterocycles. The lowest BCUT2D eigenvalue weighted by molar-refractivity contribution is -0.133. The van der Waals surface area contributed by atoms with Crippen molar-refractivity contribution in [2.75, 3.05) is 26.2 Å². The topological polar surface area (TPSA) is 88.6 Å². The Morgan fingerprint density at radius 1 is 1.03 bits per heavy atom. The number of para-hydroxylation sites is 1. The maximum Gasteiger partial charge on any atom is 0.297 e. The summed E-state index contributed by atoms with van der Waals surface area (Å²) < 4.78 is 6.94. The van der Waals surface area contributed by atoms with Crippen LogP contribution < -0.4 is 5.56 Å². The average molecular weight is 422 g/mol. The van der Waals surface area contributed by atoms with Gasteiger partial charge in [-0.1, -0.05) is 18.2 Å². The van der Waals surface area contributed by atoms with Crippen LogP contribution in [-0.2, 0) is 11.3 Å². The van der Waals surface area contributed by atoms with Crippen molar-refractivity contribution in [2.45, 2.75) is 6.54 Å². The molecule has 1 aromatic carbocycles. The Balaban J connectivity index is 1.29. The molecular formula is C21H18N4O4S. The van der Waals surface area contributed by atoms with E-state index in [4.69, 9.17) is 4.42 Å². The highest BCUT2D eigenvalue weighted by molar-refractivity contribution is 7.12. The summed E-state index contributed by atoms with van der Waals surface area (Å²) in [6, 6.07) is 11.0. The van der Waals surface area contributed by atoms with Crippen LogP contribution in [0.3, 0.4) is 0 Å². The molecule has 0 N–H and O–H groups in total. The molecule has 9 heteroatoms. The molecule has 1 saturated heterocycles. The SMILES string of the molecule is O=C(Cn1cnc2c(oc3ccccc32)c1=O)N1CCN(C(=O)c2cccs2)CC1. The number of aromatic nitrogens is 2. The first-order valence-corrected chi connectivity index (χ1v) is 10.5. The summed E-state index contributed by atoms with van der Waals surface area (Å²) in [6.07, 6.45) is 1.39. The normalized spacial score (nSPS) is 14.5. The van der Waals surface area contributed by atoms with Gasteiger partial charge in [0.1, 0.15) is 17.6 Å². The zero-order chi connectivity index (χ0) is 20.7. The van der Waals surface area contributed by atoms with Crippen LogP contribution in [-0.4, -0.2) is 57.3 Å². The van der Waals surface area contributed by atoms with Gasteiger partial charge in [0.05, 0.1) is 11.2 Å². The number of piperazine rings is 1. The predicted octanol–water partition coefficient (Wildman–Crippen LogP) is 2.19. The Hall–Kier alpha value is -3.46. The summed E-state index contributed by atoms with van der Waals surface area (Å²) in [6.45, 7) is 1.70. The molecule has 4 aromatic rings. The van der Waals surface area contributed by atoms with E-state index in [1.807, 2.05) is 29.6 Å². The summed E-state index contributed by atoms with van der Waals surface area (Å²) in [5.74, 6) is -0.189. The fourth-order valence-corrected chi connectivity index (χ4v) is 4.38. The Morgan fingerprint density at radius 3 is 2.57 bits per heavy atom. The number of amides is 2. The second kappa shape index (κ2) is 7.42. The molecule has 0 bridgehead atoms. The molecule has 5 rings (SSSR count). The van der Waals surface area contributed by atoms with Gasteiger partial charge in [-0.05, 0) is 23.6 Å². The summed E-state index contributed by atoms with van der Waals surface area (Å²) in [7, 11) is 0. The maximum atomic E-state index is 12.8. The lowest BCUT2D eigenvalue weighted by Gasteiger charge is -2.34. The first-order valence-electron chi connectivity index (χ1n) is 9.59. The van der Waals surface area contributed by atoms with Crippen molar-refractivity contribution in [1.29, 1.82) is 0 Å². The molecule has 0 atom stereocenters. The molecule has 2 amide bonds. The van der Waals surface area contributed by atoms with Crippen LogP contribution >= 0.6 is 11.3 Å². The summed E-state index contributed by atoms with van der Waals surface area (Å²) in [5, 5.41) is 2.65. The molecule has 1 aliphatic rings. The second-order valence-corrected chi connectivity index (χ2v) is 8.05. The van der Waals surface area contributed by atoms with Crippen LogP contribution in [0.25, 0.3) is 22.1 Å². The number of carbonyl (C=O) groups is 2. The van der Waals surface area contributed by atoms with Crippen molar-refractivity contribution in [3.8, 4) is 0 Å². The quantitative estimate of drug-likeness (QED) is 0.505. The number of thiophene rings is 1. The lowest BCUT2D eigenvalue weighted by atomic mass is 10.2. The number of fused-ring (bicyclic) bond motifs is 3. The van der Waals surface area contributed by atoms with Gasteiger partial charge in [-0.15, -0.1) is 11.3 Å². The van der Waals surface area contributed by atoms with Crippen molar-refractivity contribution in [3.63, 3.8) is 0 Å². The molecule has 0 aliphatic carbocycles. The molecule has 0 unspecified atom stereocenters. The van der Waals surface area contributed by atoms with E-state index in [2.05, 4.69) is 4.98 Å². The highest BCUT2D eigenvalue weighted by atomic mass is 32.1. The van der Waals surface area contributed by atoms with E-state index in [1.165, 1.54) is 22.2 Å². The fourth-order valence-electron chi connectivity index (χ4n) is 3.69. The molecular weight excluding hydrogens is 404 g/mol. The Labute approximate surface area is 174 Å². The largest absolute Gasteiger partial charge is 0.448 e. The third kappa shape index (κ3) is 3.17. The fraction of sp³-hybridized carbons (Fsp3) is 0.238. The van der Waals surface area contributed by atoms with Gasteiger partial charge in [-0.25, -0.2) is 4.98 Å². The van der Waals surface area contributed by atoms with Gasteiger partial charge in [0.2, 0.25) is 11.5 Å². The molecule has 0 radical (unpaired) electrons. The Morgan fingerprint density at radius 2 is 1.80 bits per heavy atom. The number of benzene rings is 1. The van der Waals surface area contributed by atoms with Crippen LogP contribution in [0.4, 0.5) is 0 Å². The average Bonchev–Trinajstić information content (AvgIpc) is 3.44. The van der Waals surface area contributed by atoms with Gasteiger partial charge < -0.3 is 14.2 Å². The molecule has 8 nitrogen and oxygen atoms in total. The minimum atomic E-state index is -0.379. The van der Waals surface area contributed by atoms with Gasteiger partial charge >= 0.3 is 0 Å². The monoisotopic (exact) mass is 422 g/mol. The van der Waals surface area contributed by atoms with Crippen LogP contribution in [0.15, 0.2) is 57.3 Å². The van der Waals surface area contributed by atoms with Crippen molar-refractivity contribution in [3.05, 3.63) is 63.3 Å². The van der Waals surface area contributed by atoms with Crippen molar-refractivity contribution in [1.82, 2.24) is 19.4 Å². The molecule has 1 fully saturated rings. The first-order chi connectivity index (χ1) is 14.6. The summed E-state index contributed by atoms with van der Waals surface area (Å²) in [4.78, 5) is 46.4. The molecule has 0 saturated carbocycles. The number of rotatable bonds is 3. The highest BCUT2D eigenvalue weighted by Gasteiger charge is 2.26. The predicted molar refractivity (Wildman–Crippen MR) is 113 cm³/mol. The number of carbonyl (C=O) groups excluding carboxylic acids is 2. The van der Waals surface area contributed by atoms with Gasteiger partial charge in [0, 0.05) is 31.6 Å².